The summed E-state index contributed by atoms with van der Waals surface area (Å²) in [6.45, 7) is 0. The van der Waals surface area contributed by atoms with Crippen LogP contribution in [0.5, 0.6) is 0 Å². The van der Waals surface area contributed by atoms with Crippen LogP contribution in [0.25, 0.3) is 0 Å². The van der Waals surface area contributed by atoms with Gasteiger partial charge >= 0.3 is 5.97 Å². The Morgan fingerprint density at radius 3 is 2.70 bits per heavy atom. The van der Waals surface area contributed by atoms with Crippen molar-refractivity contribution in [3.05, 3.63) is 77.1 Å². The lowest BCUT2D eigenvalue weighted by Gasteiger charge is -2.37. The molecule has 116 valence electrons. The first-order valence-electron chi connectivity index (χ1n) is 7.69. The quantitative estimate of drug-likeness (QED) is 0.811. The lowest BCUT2D eigenvalue weighted by atomic mass is 9.77. The summed E-state index contributed by atoms with van der Waals surface area (Å²) in [6.07, 6.45) is 5.23. The zero-order chi connectivity index (χ0) is 16.0. The molecule has 2 N–H and O–H groups in total. The van der Waals surface area contributed by atoms with Crippen LogP contribution in [0.15, 0.2) is 54.6 Å². The monoisotopic (exact) mass is 309 g/mol. The van der Waals surface area contributed by atoms with Gasteiger partial charge in [-0.3, -0.25) is 0 Å². The third kappa shape index (κ3) is 2.31. The van der Waals surface area contributed by atoms with Crippen molar-refractivity contribution in [3.63, 3.8) is 0 Å². The molecule has 2 aromatic rings. The molecule has 0 aromatic heterocycles. The fraction of sp³-hybridized carbons (Fsp3) is 0.211. The molecule has 2 aliphatic rings. The fourth-order valence-electron chi connectivity index (χ4n) is 3.73. The molecular weight excluding hydrogens is 293 g/mol. The summed E-state index contributed by atoms with van der Waals surface area (Å²) in [4.78, 5) is 11.0. The summed E-state index contributed by atoms with van der Waals surface area (Å²) in [5.41, 5.74) is 3.30. The molecule has 0 saturated heterocycles. The second-order valence-electron chi connectivity index (χ2n) is 6.13. The fourth-order valence-corrected chi connectivity index (χ4v) is 3.73. The lowest BCUT2D eigenvalue weighted by Crippen LogP contribution is -2.29. The van der Waals surface area contributed by atoms with Crippen molar-refractivity contribution in [2.75, 3.05) is 5.32 Å². The van der Waals surface area contributed by atoms with Gasteiger partial charge in [-0.25, -0.2) is 9.18 Å². The van der Waals surface area contributed by atoms with Gasteiger partial charge in [0.15, 0.2) is 0 Å². The van der Waals surface area contributed by atoms with Crippen LogP contribution in [-0.2, 0) is 0 Å². The molecule has 0 radical (unpaired) electrons. The second-order valence-corrected chi connectivity index (χ2v) is 6.13. The number of hydrogen-bond donors (Lipinski definition) is 2. The number of carbonyl (C=O) groups is 1. The molecular formula is C19H16FNO2. The molecule has 2 aromatic carbocycles. The number of rotatable bonds is 2. The van der Waals surface area contributed by atoms with Gasteiger partial charge in [0, 0.05) is 11.6 Å². The van der Waals surface area contributed by atoms with Crippen molar-refractivity contribution in [3.8, 4) is 0 Å². The first kappa shape index (κ1) is 14.0. The highest BCUT2D eigenvalue weighted by Crippen LogP contribution is 2.49. The van der Waals surface area contributed by atoms with Crippen LogP contribution < -0.4 is 5.32 Å². The summed E-state index contributed by atoms with van der Waals surface area (Å²) in [7, 11) is 0. The third-order valence-corrected chi connectivity index (χ3v) is 4.84. The van der Waals surface area contributed by atoms with E-state index in [-0.39, 0.29) is 23.3 Å². The molecule has 4 rings (SSSR count). The molecule has 3 atom stereocenters. The van der Waals surface area contributed by atoms with Crippen LogP contribution in [0, 0.1) is 11.7 Å². The first-order valence-corrected chi connectivity index (χ1v) is 7.69. The van der Waals surface area contributed by atoms with E-state index in [1.807, 2.05) is 12.1 Å². The topological polar surface area (TPSA) is 49.3 Å². The van der Waals surface area contributed by atoms with Crippen molar-refractivity contribution in [2.45, 2.75) is 18.4 Å². The number of anilines is 1. The van der Waals surface area contributed by atoms with Crippen molar-refractivity contribution >= 4 is 11.7 Å². The number of carboxylic acid groups (broad SMARTS) is 1. The summed E-state index contributed by atoms with van der Waals surface area (Å²) in [6, 6.07) is 12.0. The van der Waals surface area contributed by atoms with E-state index in [4.69, 9.17) is 5.11 Å². The number of aromatic carboxylic acids is 1. The maximum absolute atomic E-state index is 13.6. The molecule has 1 aliphatic carbocycles. The predicted octanol–water partition coefficient (Wildman–Crippen LogP) is 4.35. The van der Waals surface area contributed by atoms with Crippen LogP contribution in [0.4, 0.5) is 10.1 Å². The Morgan fingerprint density at radius 1 is 1.17 bits per heavy atom. The Morgan fingerprint density at radius 2 is 1.96 bits per heavy atom. The number of nitrogens with one attached hydrogen (secondary N) is 1. The van der Waals surface area contributed by atoms with Gasteiger partial charge in [0.05, 0.1) is 11.6 Å². The maximum Gasteiger partial charge on any atom is 0.335 e. The van der Waals surface area contributed by atoms with Gasteiger partial charge in [0.2, 0.25) is 0 Å². The minimum Gasteiger partial charge on any atom is -0.478 e. The number of benzene rings is 2. The third-order valence-electron chi connectivity index (χ3n) is 4.84. The molecule has 1 aliphatic heterocycles. The minimum absolute atomic E-state index is 0.0933. The van der Waals surface area contributed by atoms with E-state index in [0.717, 1.165) is 23.2 Å². The summed E-state index contributed by atoms with van der Waals surface area (Å²) in [5.74, 6) is -0.616. The molecule has 0 amide bonds. The number of allylic oxidation sites excluding steroid dienone is 2. The highest BCUT2D eigenvalue weighted by Gasteiger charge is 2.37. The van der Waals surface area contributed by atoms with Crippen molar-refractivity contribution in [1.82, 2.24) is 0 Å². The summed E-state index contributed by atoms with van der Waals surface area (Å²) >= 11 is 0. The molecule has 0 fully saturated rings. The van der Waals surface area contributed by atoms with Crippen LogP contribution in [0.3, 0.4) is 0 Å². The summed E-state index contributed by atoms with van der Waals surface area (Å²) in [5, 5.41) is 12.5. The van der Waals surface area contributed by atoms with E-state index < -0.39 is 5.97 Å². The van der Waals surface area contributed by atoms with Crippen LogP contribution >= 0.6 is 0 Å². The molecule has 23 heavy (non-hydrogen) atoms. The smallest absolute Gasteiger partial charge is 0.335 e. The Balaban J connectivity index is 1.73. The largest absolute Gasteiger partial charge is 0.478 e. The van der Waals surface area contributed by atoms with E-state index in [2.05, 4.69) is 17.5 Å². The molecule has 0 saturated carbocycles. The van der Waals surface area contributed by atoms with E-state index in [1.54, 1.807) is 24.3 Å². The first-order chi connectivity index (χ1) is 11.1. The highest BCUT2D eigenvalue weighted by atomic mass is 19.1. The van der Waals surface area contributed by atoms with Crippen molar-refractivity contribution < 1.29 is 14.3 Å². The number of fused-ring (bicyclic) bond motifs is 3. The van der Waals surface area contributed by atoms with E-state index in [1.165, 1.54) is 6.07 Å². The number of halogens is 1. The van der Waals surface area contributed by atoms with Gasteiger partial charge in [-0.1, -0.05) is 24.3 Å². The Hall–Kier alpha value is -2.62. The van der Waals surface area contributed by atoms with Crippen molar-refractivity contribution in [2.24, 2.45) is 5.92 Å². The normalized spacial score (nSPS) is 24.7. The van der Waals surface area contributed by atoms with Gasteiger partial charge in [-0.15, -0.1) is 0 Å². The Bertz CT molecular complexity index is 798. The molecule has 0 bridgehead atoms. The predicted molar refractivity (Wildman–Crippen MR) is 86.2 cm³/mol. The number of carboxylic acids is 1. The average molecular weight is 309 g/mol. The van der Waals surface area contributed by atoms with E-state index >= 15 is 0 Å². The Labute approximate surface area is 133 Å². The SMILES string of the molecule is O=C(O)c1ccc([C@H]2Nc3ccc(F)cc3C3C=CCC32)cc1. The molecule has 4 heteroatoms. The Kier molecular flexibility index (Phi) is 3.18. The van der Waals surface area contributed by atoms with E-state index in [9.17, 15) is 9.18 Å². The van der Waals surface area contributed by atoms with E-state index in [0.29, 0.717) is 5.92 Å². The molecule has 2 unspecified atom stereocenters. The number of hydrogen-bond acceptors (Lipinski definition) is 2. The van der Waals surface area contributed by atoms with Gasteiger partial charge in [0.1, 0.15) is 5.82 Å². The lowest BCUT2D eigenvalue weighted by molar-refractivity contribution is 0.0697. The molecule has 0 spiro atoms. The van der Waals surface area contributed by atoms with Gasteiger partial charge < -0.3 is 10.4 Å². The van der Waals surface area contributed by atoms with Crippen molar-refractivity contribution in [1.29, 1.82) is 0 Å². The highest BCUT2D eigenvalue weighted by molar-refractivity contribution is 5.87. The average Bonchev–Trinajstić information content (AvgIpc) is 3.04. The van der Waals surface area contributed by atoms with Gasteiger partial charge in [-0.2, -0.15) is 0 Å². The second kappa shape index (κ2) is 5.23. The maximum atomic E-state index is 13.6. The van der Waals surface area contributed by atoms with Crippen LogP contribution in [-0.4, -0.2) is 11.1 Å². The van der Waals surface area contributed by atoms with Gasteiger partial charge in [0.25, 0.3) is 0 Å². The molecule has 1 heterocycles. The summed E-state index contributed by atoms with van der Waals surface area (Å²) < 4.78 is 13.6. The zero-order valence-corrected chi connectivity index (χ0v) is 12.4. The standard InChI is InChI=1S/C19H16FNO2/c20-13-8-9-17-16(10-13)14-2-1-3-15(14)18(21-17)11-4-6-12(7-5-11)19(22)23/h1-2,4-10,14-15,18,21H,3H2,(H,22,23)/t14?,15?,18-/m1/s1. The zero-order valence-electron chi connectivity index (χ0n) is 12.4. The minimum atomic E-state index is -0.922. The molecule has 3 nitrogen and oxygen atoms in total. The van der Waals surface area contributed by atoms with Gasteiger partial charge in [-0.05, 0) is 53.8 Å². The van der Waals surface area contributed by atoms with Crippen LogP contribution in [0.2, 0.25) is 0 Å². The van der Waals surface area contributed by atoms with Crippen LogP contribution in [0.1, 0.15) is 39.9 Å².